The average molecular weight is 482 g/mol. The van der Waals surface area contributed by atoms with Crippen molar-refractivity contribution in [2.45, 2.75) is 89.5 Å². The molecule has 8 heteroatoms. The molecule has 2 heterocycles. The molecular formula is C27H39N5O3. The fraction of sp³-hybridized carbons (Fsp3) is 0.593. The van der Waals surface area contributed by atoms with Crippen LogP contribution in [-0.4, -0.2) is 59.1 Å². The number of hydrogen-bond acceptors (Lipinski definition) is 6. The summed E-state index contributed by atoms with van der Waals surface area (Å²) in [6.45, 7) is 6.46. The molecule has 8 nitrogen and oxygen atoms in total. The van der Waals surface area contributed by atoms with Crippen LogP contribution in [-0.2, 0) is 9.59 Å². The second kappa shape index (κ2) is 10.8. The Balaban J connectivity index is 1.29. The second-order valence-electron chi connectivity index (χ2n) is 10.1. The van der Waals surface area contributed by atoms with E-state index < -0.39 is 6.04 Å². The van der Waals surface area contributed by atoms with Crippen molar-refractivity contribution in [3.05, 3.63) is 30.5 Å². The van der Waals surface area contributed by atoms with E-state index >= 15 is 0 Å². The van der Waals surface area contributed by atoms with Gasteiger partial charge in [-0.25, -0.2) is 0 Å². The fourth-order valence-electron chi connectivity index (χ4n) is 5.65. The smallest absolute Gasteiger partial charge is 0.242 e. The topological polar surface area (TPSA) is 95.6 Å². The number of fused-ring (bicyclic) bond motifs is 1. The van der Waals surface area contributed by atoms with Crippen LogP contribution in [0.25, 0.3) is 10.9 Å². The zero-order chi connectivity index (χ0) is 25.0. The Hall–Kier alpha value is -2.87. The van der Waals surface area contributed by atoms with Gasteiger partial charge in [0.15, 0.2) is 0 Å². The first-order chi connectivity index (χ1) is 16.8. The molecule has 0 bridgehead atoms. The van der Waals surface area contributed by atoms with Gasteiger partial charge in [-0.15, -0.1) is 0 Å². The number of benzene rings is 1. The van der Waals surface area contributed by atoms with Gasteiger partial charge in [0.25, 0.3) is 0 Å². The summed E-state index contributed by atoms with van der Waals surface area (Å²) in [4.78, 5) is 32.3. The van der Waals surface area contributed by atoms with Crippen LogP contribution in [0.1, 0.15) is 65.7 Å². The van der Waals surface area contributed by atoms with Crippen molar-refractivity contribution in [3.8, 4) is 5.75 Å². The molecule has 2 aromatic rings. The van der Waals surface area contributed by atoms with Gasteiger partial charge in [0.2, 0.25) is 11.8 Å². The highest BCUT2D eigenvalue weighted by atomic mass is 16.5. The number of pyridine rings is 1. The van der Waals surface area contributed by atoms with Crippen LogP contribution in [0.4, 0.5) is 5.69 Å². The van der Waals surface area contributed by atoms with Crippen molar-refractivity contribution < 1.29 is 14.3 Å². The second-order valence-corrected chi connectivity index (χ2v) is 10.1. The number of methoxy groups -OCH3 is 1. The van der Waals surface area contributed by atoms with Gasteiger partial charge >= 0.3 is 0 Å². The molecule has 1 aromatic carbocycles. The van der Waals surface area contributed by atoms with Gasteiger partial charge in [0, 0.05) is 30.2 Å². The van der Waals surface area contributed by atoms with E-state index in [1.54, 1.807) is 13.3 Å². The molecule has 3 atom stereocenters. The maximum absolute atomic E-state index is 13.0. The monoisotopic (exact) mass is 481 g/mol. The van der Waals surface area contributed by atoms with Gasteiger partial charge in [-0.2, -0.15) is 0 Å². The molecule has 1 aliphatic heterocycles. The molecular weight excluding hydrogens is 442 g/mol. The Morgan fingerprint density at radius 1 is 1.29 bits per heavy atom. The van der Waals surface area contributed by atoms with E-state index in [0.29, 0.717) is 6.54 Å². The number of nitrogens with zero attached hydrogens (tertiary/aromatic N) is 2. The standard InChI is InChI=1S/C27H39N5O3/c1-18(30-23-17-22(35-4)16-21-11-9-14-28-24(21)23)10-8-15-29-25(33)20(3)32-26(34)19(2)31-27(32)12-6-5-7-13-27/h9,11,14,16-20,30-31H,5-8,10,12-13,15H2,1-4H3,(H,29,33)/t18?,19-,20-/m0/s1. The molecule has 3 N–H and O–H groups in total. The van der Waals surface area contributed by atoms with Crippen LogP contribution in [0.3, 0.4) is 0 Å². The van der Waals surface area contributed by atoms with Crippen LogP contribution in [0.15, 0.2) is 30.5 Å². The van der Waals surface area contributed by atoms with Crippen molar-refractivity contribution in [2.75, 3.05) is 19.0 Å². The number of aromatic nitrogens is 1. The summed E-state index contributed by atoms with van der Waals surface area (Å²) in [6, 6.07) is 7.36. The molecule has 1 aromatic heterocycles. The van der Waals surface area contributed by atoms with Crippen molar-refractivity contribution in [1.82, 2.24) is 20.5 Å². The predicted molar refractivity (Wildman–Crippen MR) is 138 cm³/mol. The number of ether oxygens (including phenoxy) is 1. The molecule has 4 rings (SSSR count). The molecule has 1 aliphatic carbocycles. The zero-order valence-electron chi connectivity index (χ0n) is 21.4. The third kappa shape index (κ3) is 5.37. The number of carbonyl (C=O) groups excluding carboxylic acids is 2. The molecule has 190 valence electrons. The van der Waals surface area contributed by atoms with E-state index in [-0.39, 0.29) is 29.6 Å². The minimum Gasteiger partial charge on any atom is -0.497 e. The number of nitrogens with one attached hydrogen (secondary N) is 3. The van der Waals surface area contributed by atoms with E-state index in [1.165, 1.54) is 6.42 Å². The Labute approximate surface area is 208 Å². The SMILES string of the molecule is COc1cc(NC(C)CCCNC(=O)[C@H](C)N2C(=O)[C@H](C)NC23CCCCC3)c2ncccc2c1. The Morgan fingerprint density at radius 3 is 2.80 bits per heavy atom. The minimum absolute atomic E-state index is 0.0338. The van der Waals surface area contributed by atoms with E-state index in [9.17, 15) is 9.59 Å². The normalized spacial score (nSPS) is 21.2. The third-order valence-electron chi connectivity index (χ3n) is 7.43. The van der Waals surface area contributed by atoms with Gasteiger partial charge in [-0.1, -0.05) is 12.5 Å². The highest BCUT2D eigenvalue weighted by Gasteiger charge is 2.51. The highest BCUT2D eigenvalue weighted by Crippen LogP contribution is 2.37. The van der Waals surface area contributed by atoms with Crippen molar-refractivity contribution in [3.63, 3.8) is 0 Å². The average Bonchev–Trinajstić information content (AvgIpc) is 3.09. The largest absolute Gasteiger partial charge is 0.497 e. The zero-order valence-corrected chi connectivity index (χ0v) is 21.4. The minimum atomic E-state index is -0.483. The summed E-state index contributed by atoms with van der Waals surface area (Å²) >= 11 is 0. The lowest BCUT2D eigenvalue weighted by Crippen LogP contribution is -2.60. The van der Waals surface area contributed by atoms with Crippen LogP contribution in [0.5, 0.6) is 5.75 Å². The van der Waals surface area contributed by atoms with E-state index in [4.69, 9.17) is 4.74 Å². The summed E-state index contributed by atoms with van der Waals surface area (Å²) in [5.74, 6) is 0.742. The molecule has 2 fully saturated rings. The summed E-state index contributed by atoms with van der Waals surface area (Å²) in [7, 11) is 1.66. The first-order valence-corrected chi connectivity index (χ1v) is 12.9. The number of amides is 2. The summed E-state index contributed by atoms with van der Waals surface area (Å²) in [5.41, 5.74) is 1.49. The van der Waals surface area contributed by atoms with E-state index in [1.807, 2.05) is 43.0 Å². The van der Waals surface area contributed by atoms with Crippen molar-refractivity contribution in [2.24, 2.45) is 0 Å². The van der Waals surface area contributed by atoms with Gasteiger partial charge in [0.05, 0.1) is 30.0 Å². The molecule has 1 spiro atoms. The molecule has 0 radical (unpaired) electrons. The Morgan fingerprint density at radius 2 is 2.06 bits per heavy atom. The highest BCUT2D eigenvalue weighted by molar-refractivity contribution is 5.92. The number of anilines is 1. The summed E-state index contributed by atoms with van der Waals surface area (Å²) in [6.07, 6.45) is 8.69. The van der Waals surface area contributed by atoms with Crippen molar-refractivity contribution in [1.29, 1.82) is 0 Å². The van der Waals surface area contributed by atoms with E-state index in [2.05, 4.69) is 27.9 Å². The molecule has 1 saturated heterocycles. The van der Waals surface area contributed by atoms with Crippen LogP contribution in [0, 0.1) is 0 Å². The van der Waals surface area contributed by atoms with Crippen LogP contribution in [0.2, 0.25) is 0 Å². The molecule has 35 heavy (non-hydrogen) atoms. The lowest BCUT2D eigenvalue weighted by atomic mass is 9.87. The van der Waals surface area contributed by atoms with Crippen LogP contribution < -0.4 is 20.7 Å². The Kier molecular flexibility index (Phi) is 7.79. The predicted octanol–water partition coefficient (Wildman–Crippen LogP) is 3.81. The molecule has 1 saturated carbocycles. The summed E-state index contributed by atoms with van der Waals surface area (Å²) in [5, 5.41) is 11.1. The molecule has 1 unspecified atom stereocenters. The molecule has 2 amide bonds. The van der Waals surface area contributed by atoms with Gasteiger partial charge in [0.1, 0.15) is 11.8 Å². The van der Waals surface area contributed by atoms with Crippen LogP contribution >= 0.6 is 0 Å². The maximum atomic E-state index is 13.0. The third-order valence-corrected chi connectivity index (χ3v) is 7.43. The first kappa shape index (κ1) is 25.2. The van der Waals surface area contributed by atoms with Gasteiger partial charge in [-0.05, 0) is 71.4 Å². The number of rotatable bonds is 9. The molecule has 2 aliphatic rings. The number of hydrogen-bond donors (Lipinski definition) is 3. The van der Waals surface area contributed by atoms with Gasteiger partial charge in [-0.3, -0.25) is 19.9 Å². The maximum Gasteiger partial charge on any atom is 0.242 e. The number of carbonyl (C=O) groups is 2. The fourth-order valence-corrected chi connectivity index (χ4v) is 5.65. The quantitative estimate of drug-likeness (QED) is 0.472. The van der Waals surface area contributed by atoms with E-state index in [0.717, 1.165) is 60.9 Å². The lowest BCUT2D eigenvalue weighted by Gasteiger charge is -2.43. The van der Waals surface area contributed by atoms with Gasteiger partial charge < -0.3 is 20.3 Å². The lowest BCUT2D eigenvalue weighted by molar-refractivity contribution is -0.143. The Bertz CT molecular complexity index is 1050. The summed E-state index contributed by atoms with van der Waals surface area (Å²) < 4.78 is 5.44. The van der Waals surface area contributed by atoms with Crippen molar-refractivity contribution >= 4 is 28.4 Å². The first-order valence-electron chi connectivity index (χ1n) is 12.9.